The minimum Gasteiger partial charge on any atom is -0.497 e. The normalized spacial score (nSPS) is 11.1. The van der Waals surface area contributed by atoms with Gasteiger partial charge in [-0.1, -0.05) is 35.2 Å². The van der Waals surface area contributed by atoms with Gasteiger partial charge in [0.25, 0.3) is 0 Å². The summed E-state index contributed by atoms with van der Waals surface area (Å²) < 4.78 is 7.15. The van der Waals surface area contributed by atoms with E-state index in [0.29, 0.717) is 28.2 Å². The summed E-state index contributed by atoms with van der Waals surface area (Å²) in [6.07, 6.45) is 1.75. The molecule has 0 saturated heterocycles. The van der Waals surface area contributed by atoms with Gasteiger partial charge >= 0.3 is 5.97 Å². The monoisotopic (exact) mass is 456 g/mol. The van der Waals surface area contributed by atoms with Crippen molar-refractivity contribution in [3.8, 4) is 5.75 Å². The summed E-state index contributed by atoms with van der Waals surface area (Å²) in [6.45, 7) is 4.40. The van der Waals surface area contributed by atoms with Gasteiger partial charge < -0.3 is 14.4 Å². The fraction of sp³-hybridized carbons (Fsp3) is 0.250. The fourth-order valence-corrected chi connectivity index (χ4v) is 4.65. The quantitative estimate of drug-likeness (QED) is 0.295. The third-order valence-corrected chi connectivity index (χ3v) is 6.61. The summed E-state index contributed by atoms with van der Waals surface area (Å²) in [7, 11) is 1.64. The van der Waals surface area contributed by atoms with Crippen LogP contribution in [0.1, 0.15) is 27.9 Å². The summed E-state index contributed by atoms with van der Waals surface area (Å²) >= 11 is 2.62. The highest BCUT2D eigenvalue weighted by Gasteiger charge is 2.17. The van der Waals surface area contributed by atoms with Crippen molar-refractivity contribution in [3.63, 3.8) is 0 Å². The number of hydrogen-bond donors (Lipinski definition) is 2. The van der Waals surface area contributed by atoms with Gasteiger partial charge in [-0.3, -0.25) is 5.32 Å². The SMILES string of the molecule is CCn1cnc2c(SCc3ccc(OC)cc3)nc(Nc3nc(C)c(C(=O)O)s3)nc21. The minimum atomic E-state index is -1.00. The van der Waals surface area contributed by atoms with E-state index in [1.807, 2.05) is 35.8 Å². The van der Waals surface area contributed by atoms with Gasteiger partial charge in [0.2, 0.25) is 5.95 Å². The largest absolute Gasteiger partial charge is 0.497 e. The lowest BCUT2D eigenvalue weighted by Gasteiger charge is -2.08. The molecule has 0 bridgehead atoms. The van der Waals surface area contributed by atoms with Crippen LogP contribution < -0.4 is 10.1 Å². The summed E-state index contributed by atoms with van der Waals surface area (Å²) in [5.41, 5.74) is 3.02. The number of nitrogens with zero attached hydrogens (tertiary/aromatic N) is 5. The summed E-state index contributed by atoms with van der Waals surface area (Å²) in [5.74, 6) is 0.865. The summed E-state index contributed by atoms with van der Waals surface area (Å²) in [4.78, 5) is 29.5. The first-order valence-corrected chi connectivity index (χ1v) is 11.2. The zero-order chi connectivity index (χ0) is 22.0. The van der Waals surface area contributed by atoms with Crippen LogP contribution in [-0.2, 0) is 12.3 Å². The van der Waals surface area contributed by atoms with Gasteiger partial charge in [0.05, 0.1) is 19.1 Å². The maximum Gasteiger partial charge on any atom is 0.347 e. The number of fused-ring (bicyclic) bond motifs is 1. The second kappa shape index (κ2) is 8.90. The Morgan fingerprint density at radius 3 is 2.68 bits per heavy atom. The molecule has 3 aromatic heterocycles. The molecule has 0 fully saturated rings. The Balaban J connectivity index is 1.64. The van der Waals surface area contributed by atoms with Crippen molar-refractivity contribution < 1.29 is 14.6 Å². The van der Waals surface area contributed by atoms with Crippen LogP contribution in [0.2, 0.25) is 0 Å². The van der Waals surface area contributed by atoms with E-state index in [2.05, 4.69) is 25.3 Å². The Morgan fingerprint density at radius 2 is 2.03 bits per heavy atom. The number of ether oxygens (including phenoxy) is 1. The van der Waals surface area contributed by atoms with Gasteiger partial charge in [0.15, 0.2) is 10.8 Å². The number of hydrogen-bond acceptors (Lipinski definition) is 9. The second-order valence-corrected chi connectivity index (χ2v) is 8.52. The number of thioether (sulfide) groups is 1. The molecule has 9 nitrogen and oxygen atoms in total. The maximum atomic E-state index is 11.3. The van der Waals surface area contributed by atoms with Crippen LogP contribution in [0.3, 0.4) is 0 Å². The van der Waals surface area contributed by atoms with Crippen molar-refractivity contribution in [1.82, 2.24) is 24.5 Å². The van der Waals surface area contributed by atoms with Gasteiger partial charge in [-0.15, -0.1) is 0 Å². The van der Waals surface area contributed by atoms with Crippen LogP contribution in [0.4, 0.5) is 11.1 Å². The Labute approximate surface area is 186 Å². The molecule has 0 aliphatic rings. The molecule has 0 spiro atoms. The molecule has 1 aromatic carbocycles. The lowest BCUT2D eigenvalue weighted by Crippen LogP contribution is -2.02. The Bertz CT molecular complexity index is 1240. The molecule has 4 rings (SSSR count). The zero-order valence-corrected chi connectivity index (χ0v) is 18.8. The number of aryl methyl sites for hydroxylation is 2. The molecule has 0 radical (unpaired) electrons. The highest BCUT2D eigenvalue weighted by atomic mass is 32.2. The number of aromatic nitrogens is 5. The van der Waals surface area contributed by atoms with E-state index in [1.54, 1.807) is 32.1 Å². The molecule has 0 atom stereocenters. The highest BCUT2D eigenvalue weighted by Crippen LogP contribution is 2.31. The summed E-state index contributed by atoms with van der Waals surface area (Å²) in [5, 5.41) is 13.5. The maximum absolute atomic E-state index is 11.3. The van der Waals surface area contributed by atoms with Crippen molar-refractivity contribution in [1.29, 1.82) is 0 Å². The average Bonchev–Trinajstić information content (AvgIpc) is 3.35. The van der Waals surface area contributed by atoms with E-state index in [0.717, 1.165) is 39.7 Å². The first kappa shape index (κ1) is 21.1. The van der Waals surface area contributed by atoms with Crippen LogP contribution in [0.5, 0.6) is 5.75 Å². The molecule has 4 aromatic rings. The number of carboxylic acid groups (broad SMARTS) is 1. The van der Waals surface area contributed by atoms with Crippen LogP contribution in [0.25, 0.3) is 11.2 Å². The van der Waals surface area contributed by atoms with Crippen LogP contribution in [0, 0.1) is 6.92 Å². The van der Waals surface area contributed by atoms with Gasteiger partial charge in [0.1, 0.15) is 21.2 Å². The van der Waals surface area contributed by atoms with E-state index >= 15 is 0 Å². The predicted octanol–water partition coefficient (Wildman–Crippen LogP) is 4.35. The van der Waals surface area contributed by atoms with E-state index < -0.39 is 5.97 Å². The minimum absolute atomic E-state index is 0.191. The second-order valence-electron chi connectivity index (χ2n) is 6.56. The topological polar surface area (TPSA) is 115 Å². The van der Waals surface area contributed by atoms with E-state index in [1.165, 1.54) is 0 Å². The van der Waals surface area contributed by atoms with Crippen LogP contribution >= 0.6 is 23.1 Å². The number of anilines is 2. The Morgan fingerprint density at radius 1 is 1.26 bits per heavy atom. The van der Waals surface area contributed by atoms with Crippen molar-refractivity contribution in [2.75, 3.05) is 12.4 Å². The number of carbonyl (C=O) groups is 1. The number of thiazole rings is 1. The van der Waals surface area contributed by atoms with Crippen LogP contribution in [-0.4, -0.2) is 42.7 Å². The van der Waals surface area contributed by atoms with Gasteiger partial charge in [0, 0.05) is 12.3 Å². The molecule has 2 N–H and O–H groups in total. The standard InChI is InChI=1S/C20H20N6O3S2/c1-4-26-10-21-14-16(26)23-19(25-20-22-11(2)15(31-20)18(27)28)24-17(14)30-9-12-5-7-13(29-3)8-6-12/h5-8,10H,4,9H2,1-3H3,(H,27,28)(H,22,23,24,25). The van der Waals surface area contributed by atoms with Crippen molar-refractivity contribution >= 4 is 51.3 Å². The molecule has 0 aliphatic heterocycles. The number of carboxylic acids is 1. The number of nitrogens with one attached hydrogen (secondary N) is 1. The molecular formula is C20H20N6O3S2. The molecule has 0 amide bonds. The molecule has 31 heavy (non-hydrogen) atoms. The number of aromatic carboxylic acids is 1. The van der Waals surface area contributed by atoms with E-state index in [4.69, 9.17) is 4.74 Å². The fourth-order valence-electron chi connectivity index (χ4n) is 2.92. The third-order valence-electron chi connectivity index (χ3n) is 4.52. The van der Waals surface area contributed by atoms with Gasteiger partial charge in [-0.2, -0.15) is 4.98 Å². The summed E-state index contributed by atoms with van der Waals surface area (Å²) in [6, 6.07) is 7.88. The average molecular weight is 457 g/mol. The van der Waals surface area contributed by atoms with E-state index in [9.17, 15) is 9.90 Å². The Kier molecular flexibility index (Phi) is 6.05. The highest BCUT2D eigenvalue weighted by molar-refractivity contribution is 7.98. The van der Waals surface area contributed by atoms with Gasteiger partial charge in [-0.25, -0.2) is 19.7 Å². The number of rotatable bonds is 8. The number of benzene rings is 1. The molecule has 11 heteroatoms. The van der Waals surface area contributed by atoms with Gasteiger partial charge in [-0.05, 0) is 31.5 Å². The molecule has 0 saturated carbocycles. The Hall–Kier alpha value is -3.18. The smallest absolute Gasteiger partial charge is 0.347 e. The molecule has 160 valence electrons. The molecule has 3 heterocycles. The number of imidazole rings is 1. The first-order chi connectivity index (χ1) is 15.0. The lowest BCUT2D eigenvalue weighted by molar-refractivity contribution is 0.0701. The predicted molar refractivity (Wildman–Crippen MR) is 121 cm³/mol. The van der Waals surface area contributed by atoms with Crippen LogP contribution in [0.15, 0.2) is 35.6 Å². The van der Waals surface area contributed by atoms with Crippen molar-refractivity contribution in [3.05, 3.63) is 46.7 Å². The van der Waals surface area contributed by atoms with Crippen molar-refractivity contribution in [2.45, 2.75) is 31.2 Å². The molecule has 0 aliphatic carbocycles. The molecule has 0 unspecified atom stereocenters. The van der Waals surface area contributed by atoms with E-state index in [-0.39, 0.29) is 4.88 Å². The molecular weight excluding hydrogens is 436 g/mol. The first-order valence-electron chi connectivity index (χ1n) is 9.44. The zero-order valence-electron chi connectivity index (χ0n) is 17.1. The lowest BCUT2D eigenvalue weighted by atomic mass is 10.2. The van der Waals surface area contributed by atoms with Crippen molar-refractivity contribution in [2.24, 2.45) is 0 Å². The third kappa shape index (κ3) is 4.47. The number of methoxy groups -OCH3 is 1.